The molecule has 1 rings (SSSR count). The number of carbonyl (C=O) groups excluding carboxylic acids is 1. The smallest absolute Gasteiger partial charge is 0.330 e. The largest absolute Gasteiger partial charge is 0.463 e. The quantitative estimate of drug-likeness (QED) is 0.264. The Labute approximate surface area is 154 Å². The van der Waals surface area contributed by atoms with Crippen molar-refractivity contribution >= 4 is 5.97 Å². The molecule has 0 aromatic rings. The molecule has 1 aliphatic heterocycles. The van der Waals surface area contributed by atoms with Gasteiger partial charge in [0.2, 0.25) is 0 Å². The van der Waals surface area contributed by atoms with Crippen LogP contribution in [0.25, 0.3) is 0 Å². The zero-order valence-electron chi connectivity index (χ0n) is 16.4. The Balaban J connectivity index is 2.42. The number of hydrogen-bond acceptors (Lipinski definition) is 3. The summed E-state index contributed by atoms with van der Waals surface area (Å²) in [7, 11) is 0. The van der Waals surface area contributed by atoms with Gasteiger partial charge in [-0.2, -0.15) is 0 Å². The molecule has 1 heterocycles. The van der Waals surface area contributed by atoms with E-state index in [-0.39, 0.29) is 5.97 Å². The van der Waals surface area contributed by atoms with Crippen LogP contribution in [0, 0.1) is 0 Å². The van der Waals surface area contributed by atoms with Crippen LogP contribution in [0.3, 0.4) is 0 Å². The monoisotopic (exact) mass is 348 g/mol. The van der Waals surface area contributed by atoms with Gasteiger partial charge in [-0.15, -0.1) is 0 Å². The summed E-state index contributed by atoms with van der Waals surface area (Å²) in [6.07, 6.45) is 13.8. The Bertz CT molecular complexity index is 464. The van der Waals surface area contributed by atoms with Crippen LogP contribution < -0.4 is 0 Å². The number of hydrogen-bond donors (Lipinski definition) is 0. The highest BCUT2D eigenvalue weighted by atomic mass is 16.5. The number of rotatable bonds is 11. The molecule has 142 valence electrons. The highest BCUT2D eigenvalue weighted by Gasteiger charge is 2.14. The van der Waals surface area contributed by atoms with Gasteiger partial charge in [-0.05, 0) is 78.6 Å². The molecular weight excluding hydrogens is 312 g/mol. The molecule has 1 unspecified atom stereocenters. The van der Waals surface area contributed by atoms with Crippen molar-refractivity contribution in [2.24, 2.45) is 0 Å². The van der Waals surface area contributed by atoms with Crippen molar-refractivity contribution in [2.75, 3.05) is 13.2 Å². The summed E-state index contributed by atoms with van der Waals surface area (Å²) in [4.78, 5) is 11.8. The number of ether oxygens (including phenoxy) is 2. The summed E-state index contributed by atoms with van der Waals surface area (Å²) < 4.78 is 10.9. The first-order valence-electron chi connectivity index (χ1n) is 9.79. The summed E-state index contributed by atoms with van der Waals surface area (Å²) in [5.74, 6) is -0.226. The van der Waals surface area contributed by atoms with Gasteiger partial charge >= 0.3 is 5.97 Å². The van der Waals surface area contributed by atoms with E-state index in [1.165, 1.54) is 30.4 Å². The molecule has 0 amide bonds. The zero-order valence-corrected chi connectivity index (χ0v) is 16.4. The van der Waals surface area contributed by atoms with Crippen molar-refractivity contribution in [1.29, 1.82) is 0 Å². The van der Waals surface area contributed by atoms with E-state index in [4.69, 9.17) is 9.47 Å². The third-order valence-electron chi connectivity index (χ3n) is 4.52. The van der Waals surface area contributed by atoms with E-state index < -0.39 is 0 Å². The van der Waals surface area contributed by atoms with Crippen LogP contribution in [0.5, 0.6) is 0 Å². The summed E-state index contributed by atoms with van der Waals surface area (Å²) in [6.45, 7) is 11.6. The maximum Gasteiger partial charge on any atom is 0.330 e. The van der Waals surface area contributed by atoms with E-state index in [1.807, 2.05) is 6.92 Å². The van der Waals surface area contributed by atoms with Crippen LogP contribution in [0.4, 0.5) is 0 Å². The van der Waals surface area contributed by atoms with E-state index in [9.17, 15) is 4.79 Å². The first-order chi connectivity index (χ1) is 12.0. The van der Waals surface area contributed by atoms with Crippen molar-refractivity contribution in [3.8, 4) is 0 Å². The van der Waals surface area contributed by atoms with Crippen molar-refractivity contribution in [3.63, 3.8) is 0 Å². The molecule has 0 aromatic heterocycles. The molecule has 0 bridgehead atoms. The van der Waals surface area contributed by atoms with E-state index >= 15 is 0 Å². The average Bonchev–Trinajstić information content (AvgIpc) is 2.58. The Morgan fingerprint density at radius 2 is 2.00 bits per heavy atom. The van der Waals surface area contributed by atoms with Crippen molar-refractivity contribution in [3.05, 3.63) is 35.5 Å². The third-order valence-corrected chi connectivity index (χ3v) is 4.52. The maximum absolute atomic E-state index is 11.8. The molecule has 0 aliphatic carbocycles. The fourth-order valence-electron chi connectivity index (χ4n) is 3.03. The molecule has 3 nitrogen and oxygen atoms in total. The molecular formula is C22H36O3. The predicted octanol–water partition coefficient (Wildman–Crippen LogP) is 5.91. The maximum atomic E-state index is 11.8. The van der Waals surface area contributed by atoms with E-state index in [2.05, 4.69) is 26.5 Å². The normalized spacial score (nSPS) is 17.9. The van der Waals surface area contributed by atoms with E-state index in [0.717, 1.165) is 50.7 Å². The van der Waals surface area contributed by atoms with Crippen molar-refractivity contribution in [2.45, 2.75) is 84.7 Å². The summed E-state index contributed by atoms with van der Waals surface area (Å²) >= 11 is 0. The van der Waals surface area contributed by atoms with Crippen molar-refractivity contribution < 1.29 is 14.3 Å². The molecule has 0 radical (unpaired) electrons. The van der Waals surface area contributed by atoms with Crippen LogP contribution in [-0.4, -0.2) is 25.3 Å². The minimum absolute atomic E-state index is 0.226. The number of esters is 1. The molecule has 1 aliphatic rings. The van der Waals surface area contributed by atoms with Gasteiger partial charge in [0.25, 0.3) is 0 Å². The summed E-state index contributed by atoms with van der Waals surface area (Å²) in [5, 5.41) is 0. The molecule has 1 saturated heterocycles. The molecule has 0 N–H and O–H groups in total. The lowest BCUT2D eigenvalue weighted by Crippen LogP contribution is -2.18. The highest BCUT2D eigenvalue weighted by Crippen LogP contribution is 2.23. The van der Waals surface area contributed by atoms with Gasteiger partial charge in [0.15, 0.2) is 0 Å². The van der Waals surface area contributed by atoms with Crippen molar-refractivity contribution in [1.82, 2.24) is 0 Å². The second-order valence-electron chi connectivity index (χ2n) is 7.15. The van der Waals surface area contributed by atoms with Gasteiger partial charge in [0, 0.05) is 12.7 Å². The summed E-state index contributed by atoms with van der Waals surface area (Å²) in [5.41, 5.74) is 3.73. The lowest BCUT2D eigenvalue weighted by atomic mass is 9.96. The Kier molecular flexibility index (Phi) is 11.2. The van der Waals surface area contributed by atoms with E-state index in [1.54, 1.807) is 6.08 Å². The van der Waals surface area contributed by atoms with Gasteiger partial charge < -0.3 is 9.47 Å². The molecule has 0 spiro atoms. The lowest BCUT2D eigenvalue weighted by Gasteiger charge is -2.22. The van der Waals surface area contributed by atoms with Gasteiger partial charge in [0.1, 0.15) is 0 Å². The summed E-state index contributed by atoms with van der Waals surface area (Å²) in [6, 6.07) is 0. The standard InChI is InChI=1S/C22H36O3/c1-5-24-22(23)17-20(10-8-9-18(2)3)14-12-19(4)13-15-21-11-6-7-16-25-21/h9,17,21H,4-8,10-16H2,1-3H3/b20-17-. The minimum Gasteiger partial charge on any atom is -0.463 e. The third kappa shape index (κ3) is 11.0. The van der Waals surface area contributed by atoms with Gasteiger partial charge in [0.05, 0.1) is 12.7 Å². The molecule has 3 heteroatoms. The highest BCUT2D eigenvalue weighted by molar-refractivity contribution is 5.82. The SMILES string of the molecule is C=C(CC/C(=C\C(=O)OCC)CCC=C(C)C)CCC1CCCCO1. The minimum atomic E-state index is -0.226. The first kappa shape index (κ1) is 21.7. The van der Waals surface area contributed by atoms with Crippen LogP contribution >= 0.6 is 0 Å². The van der Waals surface area contributed by atoms with Crippen LogP contribution in [0.15, 0.2) is 35.5 Å². The first-order valence-corrected chi connectivity index (χ1v) is 9.79. The van der Waals surface area contributed by atoms with Gasteiger partial charge in [-0.1, -0.05) is 29.4 Å². The molecule has 1 fully saturated rings. The fraction of sp³-hybridized carbons (Fsp3) is 0.682. The van der Waals surface area contributed by atoms with Crippen LogP contribution in [-0.2, 0) is 14.3 Å². The zero-order chi connectivity index (χ0) is 18.5. The number of allylic oxidation sites excluding steroid dienone is 4. The topological polar surface area (TPSA) is 35.5 Å². The van der Waals surface area contributed by atoms with Gasteiger partial charge in [-0.3, -0.25) is 0 Å². The predicted molar refractivity (Wildman–Crippen MR) is 105 cm³/mol. The number of carbonyl (C=O) groups is 1. The van der Waals surface area contributed by atoms with Crippen LogP contribution in [0.1, 0.15) is 78.6 Å². The second kappa shape index (κ2) is 12.9. The second-order valence-corrected chi connectivity index (χ2v) is 7.15. The van der Waals surface area contributed by atoms with Gasteiger partial charge in [-0.25, -0.2) is 4.79 Å². The molecule has 0 aromatic carbocycles. The molecule has 25 heavy (non-hydrogen) atoms. The van der Waals surface area contributed by atoms with Crippen LogP contribution in [0.2, 0.25) is 0 Å². The molecule has 1 atom stereocenters. The lowest BCUT2D eigenvalue weighted by molar-refractivity contribution is -0.137. The Morgan fingerprint density at radius 1 is 1.20 bits per heavy atom. The average molecular weight is 349 g/mol. The molecule has 0 saturated carbocycles. The Hall–Kier alpha value is -1.35. The van der Waals surface area contributed by atoms with E-state index in [0.29, 0.717) is 12.7 Å². The Morgan fingerprint density at radius 3 is 2.64 bits per heavy atom. The fourth-order valence-corrected chi connectivity index (χ4v) is 3.03.